The summed E-state index contributed by atoms with van der Waals surface area (Å²) in [7, 11) is 0. The van der Waals surface area contributed by atoms with Gasteiger partial charge in [0.2, 0.25) is 5.91 Å². The number of fused-ring (bicyclic) bond motifs is 1. The number of carbonyl (C=O) groups is 1. The SMILES string of the molecule is Cc1cc(C(O)c2ccccc2F)c2c(c1)C(C)(C)C(=O)N2. The van der Waals surface area contributed by atoms with E-state index in [0.29, 0.717) is 11.3 Å². The Hall–Kier alpha value is -2.20. The molecule has 0 fully saturated rings. The summed E-state index contributed by atoms with van der Waals surface area (Å²) in [5.74, 6) is -0.580. The van der Waals surface area contributed by atoms with E-state index in [1.54, 1.807) is 24.3 Å². The summed E-state index contributed by atoms with van der Waals surface area (Å²) in [5, 5.41) is 13.5. The minimum atomic E-state index is -1.12. The topological polar surface area (TPSA) is 49.3 Å². The van der Waals surface area contributed by atoms with Gasteiger partial charge in [-0.2, -0.15) is 0 Å². The quantitative estimate of drug-likeness (QED) is 0.892. The number of hydrogen-bond donors (Lipinski definition) is 2. The summed E-state index contributed by atoms with van der Waals surface area (Å²) in [4.78, 5) is 12.2. The maximum atomic E-state index is 14.0. The molecular formula is C18H18FNO2. The van der Waals surface area contributed by atoms with Crippen LogP contribution in [0.25, 0.3) is 0 Å². The van der Waals surface area contributed by atoms with Crippen molar-refractivity contribution in [3.8, 4) is 0 Å². The smallest absolute Gasteiger partial charge is 0.234 e. The lowest BCUT2D eigenvalue weighted by atomic mass is 9.83. The Balaban J connectivity index is 2.18. The number of aliphatic hydroxyl groups excluding tert-OH is 1. The van der Waals surface area contributed by atoms with Crippen molar-refractivity contribution in [2.24, 2.45) is 0 Å². The van der Waals surface area contributed by atoms with Crippen molar-refractivity contribution in [3.05, 3.63) is 64.5 Å². The first-order valence-electron chi connectivity index (χ1n) is 7.21. The predicted molar refractivity (Wildman–Crippen MR) is 83.3 cm³/mol. The third-order valence-electron chi connectivity index (χ3n) is 4.29. The fraction of sp³-hybridized carbons (Fsp3) is 0.278. The number of carbonyl (C=O) groups excluding carboxylic acids is 1. The third-order valence-corrected chi connectivity index (χ3v) is 4.29. The molecule has 2 aromatic carbocycles. The summed E-state index contributed by atoms with van der Waals surface area (Å²) >= 11 is 0. The first kappa shape index (κ1) is 14.7. The van der Waals surface area contributed by atoms with E-state index in [0.717, 1.165) is 11.1 Å². The molecule has 0 spiro atoms. The lowest BCUT2D eigenvalue weighted by Crippen LogP contribution is -2.26. The van der Waals surface area contributed by atoms with Crippen LogP contribution in [0.4, 0.5) is 10.1 Å². The second-order valence-electron chi connectivity index (χ2n) is 6.28. The van der Waals surface area contributed by atoms with Gasteiger partial charge in [0.15, 0.2) is 0 Å². The van der Waals surface area contributed by atoms with E-state index in [4.69, 9.17) is 0 Å². The molecule has 0 aromatic heterocycles. The van der Waals surface area contributed by atoms with Crippen LogP contribution in [-0.4, -0.2) is 11.0 Å². The summed E-state index contributed by atoms with van der Waals surface area (Å²) in [6, 6.07) is 9.85. The van der Waals surface area contributed by atoms with E-state index in [-0.39, 0.29) is 11.5 Å². The van der Waals surface area contributed by atoms with Crippen molar-refractivity contribution in [1.29, 1.82) is 0 Å². The lowest BCUT2D eigenvalue weighted by Gasteiger charge is -2.19. The van der Waals surface area contributed by atoms with Gasteiger partial charge in [-0.25, -0.2) is 4.39 Å². The Morgan fingerprint density at radius 3 is 2.55 bits per heavy atom. The van der Waals surface area contributed by atoms with Crippen molar-refractivity contribution in [2.75, 3.05) is 5.32 Å². The maximum absolute atomic E-state index is 14.0. The van der Waals surface area contributed by atoms with Crippen molar-refractivity contribution in [3.63, 3.8) is 0 Å². The average Bonchev–Trinajstić information content (AvgIpc) is 2.69. The van der Waals surface area contributed by atoms with Crippen LogP contribution in [-0.2, 0) is 10.2 Å². The Kier molecular flexibility index (Phi) is 3.29. The summed E-state index contributed by atoms with van der Waals surface area (Å²) in [6.07, 6.45) is -1.12. The highest BCUT2D eigenvalue weighted by Crippen LogP contribution is 2.43. The molecule has 114 valence electrons. The number of rotatable bonds is 2. The zero-order chi connectivity index (χ0) is 16.1. The molecule has 1 heterocycles. The molecule has 1 aliphatic heterocycles. The van der Waals surface area contributed by atoms with Crippen molar-refractivity contribution < 1.29 is 14.3 Å². The monoisotopic (exact) mass is 299 g/mol. The zero-order valence-corrected chi connectivity index (χ0v) is 12.8. The summed E-state index contributed by atoms with van der Waals surface area (Å²) < 4.78 is 14.0. The molecule has 0 radical (unpaired) electrons. The molecule has 2 aromatic rings. The number of nitrogens with one attached hydrogen (secondary N) is 1. The van der Waals surface area contributed by atoms with Gasteiger partial charge >= 0.3 is 0 Å². The second-order valence-corrected chi connectivity index (χ2v) is 6.28. The molecule has 2 N–H and O–H groups in total. The Labute approximate surface area is 128 Å². The number of aliphatic hydroxyl groups is 1. The largest absolute Gasteiger partial charge is 0.383 e. The second kappa shape index (κ2) is 4.92. The Bertz CT molecular complexity index is 768. The predicted octanol–water partition coefficient (Wildman–Crippen LogP) is 3.45. The molecule has 4 heteroatoms. The van der Waals surface area contributed by atoms with Gasteiger partial charge in [0.05, 0.1) is 11.1 Å². The minimum Gasteiger partial charge on any atom is -0.383 e. The molecule has 1 atom stereocenters. The molecule has 1 unspecified atom stereocenters. The number of benzene rings is 2. The number of halogens is 1. The Morgan fingerprint density at radius 2 is 1.86 bits per heavy atom. The van der Waals surface area contributed by atoms with Crippen LogP contribution in [0, 0.1) is 12.7 Å². The first-order valence-corrected chi connectivity index (χ1v) is 7.21. The van der Waals surface area contributed by atoms with Crippen LogP contribution >= 0.6 is 0 Å². The molecule has 0 saturated heterocycles. The van der Waals surface area contributed by atoms with Crippen LogP contribution in [0.1, 0.15) is 42.2 Å². The molecule has 3 nitrogen and oxygen atoms in total. The molecule has 0 bridgehead atoms. The van der Waals surface area contributed by atoms with Crippen molar-refractivity contribution >= 4 is 11.6 Å². The van der Waals surface area contributed by atoms with Gasteiger partial charge < -0.3 is 10.4 Å². The number of hydrogen-bond acceptors (Lipinski definition) is 2. The summed E-state index contributed by atoms with van der Waals surface area (Å²) in [6.45, 7) is 5.58. The Morgan fingerprint density at radius 1 is 1.18 bits per heavy atom. The van der Waals surface area contributed by atoms with Gasteiger partial charge in [-0.1, -0.05) is 35.9 Å². The van der Waals surface area contributed by atoms with E-state index in [9.17, 15) is 14.3 Å². The highest BCUT2D eigenvalue weighted by atomic mass is 19.1. The van der Waals surface area contributed by atoms with E-state index in [1.165, 1.54) is 6.07 Å². The van der Waals surface area contributed by atoms with Gasteiger partial charge in [0, 0.05) is 11.1 Å². The van der Waals surface area contributed by atoms with Crippen LogP contribution in [0.5, 0.6) is 0 Å². The zero-order valence-electron chi connectivity index (χ0n) is 12.8. The number of amides is 1. The highest BCUT2D eigenvalue weighted by Gasteiger charge is 2.40. The molecule has 0 aliphatic carbocycles. The van der Waals surface area contributed by atoms with E-state index in [2.05, 4.69) is 5.32 Å². The van der Waals surface area contributed by atoms with Gasteiger partial charge in [0.1, 0.15) is 11.9 Å². The normalized spacial score (nSPS) is 17.0. The van der Waals surface area contributed by atoms with Gasteiger partial charge in [-0.3, -0.25) is 4.79 Å². The van der Waals surface area contributed by atoms with E-state index < -0.39 is 17.3 Å². The summed E-state index contributed by atoms with van der Waals surface area (Å²) in [5.41, 5.74) is 2.42. The van der Waals surface area contributed by atoms with Crippen LogP contribution in [0.15, 0.2) is 36.4 Å². The van der Waals surface area contributed by atoms with E-state index in [1.807, 2.05) is 26.8 Å². The molecule has 22 heavy (non-hydrogen) atoms. The van der Waals surface area contributed by atoms with Crippen molar-refractivity contribution in [1.82, 2.24) is 0 Å². The minimum absolute atomic E-state index is 0.116. The fourth-order valence-electron chi connectivity index (χ4n) is 2.92. The van der Waals surface area contributed by atoms with Gasteiger partial charge in [-0.05, 0) is 32.4 Å². The highest BCUT2D eigenvalue weighted by molar-refractivity contribution is 6.06. The average molecular weight is 299 g/mol. The van der Waals surface area contributed by atoms with Crippen LogP contribution in [0.3, 0.4) is 0 Å². The first-order chi connectivity index (χ1) is 10.3. The van der Waals surface area contributed by atoms with E-state index >= 15 is 0 Å². The van der Waals surface area contributed by atoms with Crippen molar-refractivity contribution in [2.45, 2.75) is 32.3 Å². The number of aryl methyl sites for hydroxylation is 1. The maximum Gasteiger partial charge on any atom is 0.234 e. The molecule has 1 amide bonds. The molecule has 1 aliphatic rings. The van der Waals surface area contributed by atoms with Crippen LogP contribution in [0.2, 0.25) is 0 Å². The molecule has 0 saturated carbocycles. The lowest BCUT2D eigenvalue weighted by molar-refractivity contribution is -0.119. The third kappa shape index (κ3) is 2.11. The van der Waals surface area contributed by atoms with Gasteiger partial charge in [-0.15, -0.1) is 0 Å². The van der Waals surface area contributed by atoms with Gasteiger partial charge in [0.25, 0.3) is 0 Å². The molecular weight excluding hydrogens is 281 g/mol. The molecule has 3 rings (SSSR count). The fourth-order valence-corrected chi connectivity index (χ4v) is 2.92. The standard InChI is InChI=1S/C18H18FNO2/c1-10-8-12(16(21)11-6-4-5-7-14(11)19)15-13(9-10)18(2,3)17(22)20-15/h4-9,16,21H,1-3H3,(H,20,22). The van der Waals surface area contributed by atoms with Crippen LogP contribution < -0.4 is 5.32 Å². The number of anilines is 1.